The van der Waals surface area contributed by atoms with E-state index in [-0.39, 0.29) is 0 Å². The SMILES string of the molecule is CCCCOc1ccc(CN2CCn3nc([C@H](C)O)cc3C2)cc1. The highest BCUT2D eigenvalue weighted by atomic mass is 16.5. The highest BCUT2D eigenvalue weighted by Gasteiger charge is 2.19. The Bertz CT molecular complexity index is 649. The van der Waals surface area contributed by atoms with E-state index in [2.05, 4.69) is 41.2 Å². The zero-order valence-corrected chi connectivity index (χ0v) is 14.6. The second-order valence-electron chi connectivity index (χ2n) is 6.52. The summed E-state index contributed by atoms with van der Waals surface area (Å²) in [5.41, 5.74) is 3.23. The number of benzene rings is 1. The molecule has 1 aliphatic heterocycles. The maximum atomic E-state index is 9.68. The quantitative estimate of drug-likeness (QED) is 0.793. The van der Waals surface area contributed by atoms with Gasteiger partial charge in [0, 0.05) is 19.6 Å². The monoisotopic (exact) mass is 329 g/mol. The summed E-state index contributed by atoms with van der Waals surface area (Å²) in [6.45, 7) is 8.36. The molecule has 1 aliphatic rings. The van der Waals surface area contributed by atoms with Gasteiger partial charge in [-0.25, -0.2) is 0 Å². The Hall–Kier alpha value is -1.85. The smallest absolute Gasteiger partial charge is 0.119 e. The lowest BCUT2D eigenvalue weighted by Gasteiger charge is -2.27. The Morgan fingerprint density at radius 2 is 2.04 bits per heavy atom. The molecule has 0 bridgehead atoms. The van der Waals surface area contributed by atoms with Crippen molar-refractivity contribution in [2.24, 2.45) is 0 Å². The molecule has 1 aromatic heterocycles. The molecule has 0 saturated carbocycles. The first-order chi connectivity index (χ1) is 11.7. The average molecular weight is 329 g/mol. The molecule has 2 aromatic rings. The molecule has 24 heavy (non-hydrogen) atoms. The number of hydrogen-bond acceptors (Lipinski definition) is 4. The summed E-state index contributed by atoms with van der Waals surface area (Å²) in [4.78, 5) is 2.41. The first-order valence-corrected chi connectivity index (χ1v) is 8.84. The standard InChI is InChI=1S/C19H27N3O2/c1-3-4-11-24-18-7-5-16(6-8-18)13-21-9-10-22-17(14-21)12-19(20-22)15(2)23/h5-8,12,15,23H,3-4,9-11,13-14H2,1-2H3/t15-/m0/s1. The van der Waals surface area contributed by atoms with Crippen LogP contribution in [0.15, 0.2) is 30.3 Å². The van der Waals surface area contributed by atoms with Crippen molar-refractivity contribution in [2.75, 3.05) is 13.2 Å². The van der Waals surface area contributed by atoms with Gasteiger partial charge in [0.15, 0.2) is 0 Å². The van der Waals surface area contributed by atoms with Crippen molar-refractivity contribution in [3.8, 4) is 5.75 Å². The van der Waals surface area contributed by atoms with Gasteiger partial charge in [-0.05, 0) is 37.1 Å². The summed E-state index contributed by atoms with van der Waals surface area (Å²) >= 11 is 0. The fourth-order valence-corrected chi connectivity index (χ4v) is 2.97. The summed E-state index contributed by atoms with van der Waals surface area (Å²) in [5.74, 6) is 0.950. The van der Waals surface area contributed by atoms with Gasteiger partial charge in [0.1, 0.15) is 5.75 Å². The van der Waals surface area contributed by atoms with Crippen molar-refractivity contribution in [3.63, 3.8) is 0 Å². The predicted octanol–water partition coefficient (Wildman–Crippen LogP) is 3.13. The summed E-state index contributed by atoms with van der Waals surface area (Å²) in [6, 6.07) is 10.4. The van der Waals surface area contributed by atoms with Crippen molar-refractivity contribution in [2.45, 2.75) is 52.4 Å². The van der Waals surface area contributed by atoms with Gasteiger partial charge in [-0.3, -0.25) is 9.58 Å². The van der Waals surface area contributed by atoms with Crippen LogP contribution in [0.1, 0.15) is 49.7 Å². The van der Waals surface area contributed by atoms with Gasteiger partial charge in [-0.2, -0.15) is 5.10 Å². The van der Waals surface area contributed by atoms with Crippen LogP contribution in [-0.4, -0.2) is 32.9 Å². The van der Waals surface area contributed by atoms with Crippen molar-refractivity contribution in [1.29, 1.82) is 0 Å². The van der Waals surface area contributed by atoms with E-state index >= 15 is 0 Å². The zero-order valence-electron chi connectivity index (χ0n) is 14.6. The second-order valence-corrected chi connectivity index (χ2v) is 6.52. The zero-order chi connectivity index (χ0) is 16.9. The topological polar surface area (TPSA) is 50.5 Å². The third-order valence-electron chi connectivity index (χ3n) is 4.42. The molecule has 1 atom stereocenters. The summed E-state index contributed by atoms with van der Waals surface area (Å²) in [6.07, 6.45) is 1.75. The van der Waals surface area contributed by atoms with Gasteiger partial charge in [0.25, 0.3) is 0 Å². The predicted molar refractivity (Wildman–Crippen MR) is 93.8 cm³/mol. The maximum absolute atomic E-state index is 9.68. The minimum Gasteiger partial charge on any atom is -0.494 e. The van der Waals surface area contributed by atoms with Gasteiger partial charge < -0.3 is 9.84 Å². The van der Waals surface area contributed by atoms with Gasteiger partial charge in [0.05, 0.1) is 30.6 Å². The minimum atomic E-state index is -0.503. The lowest BCUT2D eigenvalue weighted by Crippen LogP contribution is -2.33. The molecule has 130 valence electrons. The molecule has 0 saturated heterocycles. The normalized spacial score (nSPS) is 16.0. The molecule has 5 heteroatoms. The fourth-order valence-electron chi connectivity index (χ4n) is 2.97. The fraction of sp³-hybridized carbons (Fsp3) is 0.526. The third-order valence-corrected chi connectivity index (χ3v) is 4.42. The highest BCUT2D eigenvalue weighted by molar-refractivity contribution is 5.27. The Balaban J connectivity index is 1.56. The number of ether oxygens (including phenoxy) is 1. The van der Waals surface area contributed by atoms with E-state index in [1.807, 2.05) is 10.7 Å². The molecule has 1 aromatic carbocycles. The number of aromatic nitrogens is 2. The summed E-state index contributed by atoms with van der Waals surface area (Å²) in [5, 5.41) is 14.1. The molecular weight excluding hydrogens is 302 g/mol. The van der Waals surface area contributed by atoms with Crippen molar-refractivity contribution < 1.29 is 9.84 Å². The Kier molecular flexibility index (Phi) is 5.53. The second kappa shape index (κ2) is 7.81. The summed E-state index contributed by atoms with van der Waals surface area (Å²) in [7, 11) is 0. The third kappa shape index (κ3) is 4.16. The van der Waals surface area contributed by atoms with Crippen LogP contribution in [0.5, 0.6) is 5.75 Å². The number of aliphatic hydroxyl groups excluding tert-OH is 1. The van der Waals surface area contributed by atoms with Gasteiger partial charge in [-0.1, -0.05) is 25.5 Å². The molecule has 5 nitrogen and oxygen atoms in total. The number of fused-ring (bicyclic) bond motifs is 1. The van der Waals surface area contributed by atoms with Crippen LogP contribution in [0.3, 0.4) is 0 Å². The number of rotatable bonds is 7. The van der Waals surface area contributed by atoms with Crippen LogP contribution in [-0.2, 0) is 19.6 Å². The van der Waals surface area contributed by atoms with Gasteiger partial charge >= 0.3 is 0 Å². The van der Waals surface area contributed by atoms with Crippen LogP contribution < -0.4 is 4.74 Å². The number of hydrogen-bond donors (Lipinski definition) is 1. The molecule has 0 spiro atoms. The van der Waals surface area contributed by atoms with Crippen LogP contribution in [0.25, 0.3) is 0 Å². The van der Waals surface area contributed by atoms with E-state index in [1.165, 1.54) is 11.3 Å². The van der Waals surface area contributed by atoms with E-state index in [0.717, 1.165) is 57.1 Å². The van der Waals surface area contributed by atoms with Crippen molar-refractivity contribution in [1.82, 2.24) is 14.7 Å². The minimum absolute atomic E-state index is 0.503. The Morgan fingerprint density at radius 3 is 2.75 bits per heavy atom. The van der Waals surface area contributed by atoms with Crippen LogP contribution in [0.4, 0.5) is 0 Å². The van der Waals surface area contributed by atoms with E-state index < -0.39 is 6.10 Å². The molecule has 0 amide bonds. The maximum Gasteiger partial charge on any atom is 0.119 e. The van der Waals surface area contributed by atoms with Gasteiger partial charge in [-0.15, -0.1) is 0 Å². The lowest BCUT2D eigenvalue weighted by atomic mass is 10.2. The first kappa shape index (κ1) is 17.0. The molecule has 0 aliphatic carbocycles. The first-order valence-electron chi connectivity index (χ1n) is 8.84. The molecule has 3 rings (SSSR count). The van der Waals surface area contributed by atoms with E-state index in [9.17, 15) is 5.11 Å². The molecule has 2 heterocycles. The molecule has 0 fully saturated rings. The number of unbranched alkanes of at least 4 members (excludes halogenated alkanes) is 1. The lowest BCUT2D eigenvalue weighted by molar-refractivity contribution is 0.189. The van der Waals surface area contributed by atoms with Crippen LogP contribution in [0, 0.1) is 0 Å². The van der Waals surface area contributed by atoms with Crippen molar-refractivity contribution in [3.05, 3.63) is 47.3 Å². The molecule has 0 unspecified atom stereocenters. The Labute approximate surface area is 143 Å². The van der Waals surface area contributed by atoms with Crippen LogP contribution in [0.2, 0.25) is 0 Å². The van der Waals surface area contributed by atoms with Gasteiger partial charge in [0.2, 0.25) is 0 Å². The number of aliphatic hydroxyl groups is 1. The summed E-state index contributed by atoms with van der Waals surface area (Å²) < 4.78 is 7.73. The molecular formula is C19H27N3O2. The van der Waals surface area contributed by atoms with Crippen molar-refractivity contribution >= 4 is 0 Å². The largest absolute Gasteiger partial charge is 0.494 e. The molecule has 1 N–H and O–H groups in total. The number of nitrogens with zero attached hydrogens (tertiary/aromatic N) is 3. The van der Waals surface area contributed by atoms with E-state index in [1.54, 1.807) is 6.92 Å². The average Bonchev–Trinajstić information content (AvgIpc) is 3.00. The van der Waals surface area contributed by atoms with E-state index in [0.29, 0.717) is 0 Å². The van der Waals surface area contributed by atoms with E-state index in [4.69, 9.17) is 4.74 Å². The molecule has 0 radical (unpaired) electrons. The van der Waals surface area contributed by atoms with Crippen LogP contribution >= 0.6 is 0 Å². The highest BCUT2D eigenvalue weighted by Crippen LogP contribution is 2.20. The Morgan fingerprint density at radius 1 is 1.25 bits per heavy atom.